The summed E-state index contributed by atoms with van der Waals surface area (Å²) < 4.78 is 17.6. The van der Waals surface area contributed by atoms with E-state index in [1.807, 2.05) is 39.8 Å². The lowest BCUT2D eigenvalue weighted by Gasteiger charge is -2.40. The van der Waals surface area contributed by atoms with Gasteiger partial charge in [-0.3, -0.25) is 4.79 Å². The molecule has 0 radical (unpaired) electrons. The standard InChI is InChI=1S/C27H24Cl3NO5.C2H6/c1-16-3-9-21(17(2)11-16)25(33)34-13-27(31-24(32)22-10-8-20(29)12-23(22)30)14-35-26(36-15-27)18-4-6-19(28)7-5-18;1-2/h3-12,26H,13-15H2,1-2H3,(H,31,32);1-2H3. The molecule has 38 heavy (non-hydrogen) atoms. The fourth-order valence-electron chi connectivity index (χ4n) is 3.87. The number of hydrogen-bond donors (Lipinski definition) is 1. The summed E-state index contributed by atoms with van der Waals surface area (Å²) >= 11 is 18.2. The van der Waals surface area contributed by atoms with Crippen molar-refractivity contribution in [3.05, 3.63) is 104 Å². The van der Waals surface area contributed by atoms with Crippen molar-refractivity contribution in [3.63, 3.8) is 0 Å². The first kappa shape index (κ1) is 29.9. The Balaban J connectivity index is 0.00000195. The Hall–Kier alpha value is -2.61. The molecule has 9 heteroatoms. The highest BCUT2D eigenvalue weighted by Crippen LogP contribution is 2.29. The first-order chi connectivity index (χ1) is 18.2. The predicted molar refractivity (Wildman–Crippen MR) is 150 cm³/mol. The summed E-state index contributed by atoms with van der Waals surface area (Å²) in [4.78, 5) is 26.0. The van der Waals surface area contributed by atoms with Crippen LogP contribution in [0.3, 0.4) is 0 Å². The number of hydrogen-bond acceptors (Lipinski definition) is 5. The van der Waals surface area contributed by atoms with Crippen LogP contribution >= 0.6 is 34.8 Å². The Morgan fingerprint density at radius 1 is 0.895 bits per heavy atom. The molecule has 0 aromatic heterocycles. The molecule has 0 unspecified atom stereocenters. The van der Waals surface area contributed by atoms with Gasteiger partial charge in [0.05, 0.1) is 29.4 Å². The molecule has 0 atom stereocenters. The lowest BCUT2D eigenvalue weighted by atomic mass is 10.0. The van der Waals surface area contributed by atoms with Crippen LogP contribution in [0.15, 0.2) is 60.7 Å². The molecule has 6 nitrogen and oxygen atoms in total. The Bertz CT molecular complexity index is 1270. The van der Waals surface area contributed by atoms with Gasteiger partial charge in [-0.1, -0.05) is 78.5 Å². The van der Waals surface area contributed by atoms with E-state index in [1.54, 1.807) is 36.4 Å². The molecule has 3 aromatic rings. The van der Waals surface area contributed by atoms with Gasteiger partial charge in [-0.05, 0) is 55.8 Å². The molecule has 1 N–H and O–H groups in total. The second kappa shape index (κ2) is 13.5. The van der Waals surface area contributed by atoms with Gasteiger partial charge < -0.3 is 19.5 Å². The minimum Gasteiger partial charge on any atom is -0.459 e. The van der Waals surface area contributed by atoms with E-state index >= 15 is 0 Å². The van der Waals surface area contributed by atoms with Crippen LogP contribution in [0.2, 0.25) is 15.1 Å². The fraction of sp³-hybridized carbons (Fsp3) is 0.310. The molecule has 3 aromatic carbocycles. The second-order valence-electron chi connectivity index (χ2n) is 8.76. The maximum atomic E-state index is 13.1. The van der Waals surface area contributed by atoms with Gasteiger partial charge in [0.15, 0.2) is 6.29 Å². The van der Waals surface area contributed by atoms with Crippen LogP contribution in [0.5, 0.6) is 0 Å². The Morgan fingerprint density at radius 3 is 2.11 bits per heavy atom. The third-order valence-electron chi connectivity index (χ3n) is 5.80. The minimum atomic E-state index is -1.16. The monoisotopic (exact) mass is 577 g/mol. The maximum Gasteiger partial charge on any atom is 0.338 e. The predicted octanol–water partition coefficient (Wildman–Crippen LogP) is 7.36. The molecule has 4 rings (SSSR count). The first-order valence-electron chi connectivity index (χ1n) is 12.2. The summed E-state index contributed by atoms with van der Waals surface area (Å²) in [5.74, 6) is -0.984. The van der Waals surface area contributed by atoms with E-state index in [0.717, 1.165) is 16.7 Å². The normalized spacial score (nSPS) is 18.7. The number of carbonyl (C=O) groups is 2. The van der Waals surface area contributed by atoms with E-state index in [1.165, 1.54) is 12.1 Å². The van der Waals surface area contributed by atoms with Crippen LogP contribution in [0.1, 0.15) is 57.5 Å². The van der Waals surface area contributed by atoms with Crippen molar-refractivity contribution >= 4 is 46.7 Å². The van der Waals surface area contributed by atoms with E-state index in [-0.39, 0.29) is 30.4 Å². The number of rotatable bonds is 6. The zero-order valence-electron chi connectivity index (χ0n) is 21.6. The quantitative estimate of drug-likeness (QED) is 0.309. The van der Waals surface area contributed by atoms with Crippen LogP contribution in [0.25, 0.3) is 0 Å². The van der Waals surface area contributed by atoms with Crippen LogP contribution < -0.4 is 5.32 Å². The number of halogens is 3. The van der Waals surface area contributed by atoms with Gasteiger partial charge in [0.1, 0.15) is 12.1 Å². The summed E-state index contributed by atoms with van der Waals surface area (Å²) in [6.07, 6.45) is -0.665. The van der Waals surface area contributed by atoms with Gasteiger partial charge in [0.2, 0.25) is 0 Å². The number of benzene rings is 3. The zero-order chi connectivity index (χ0) is 27.9. The summed E-state index contributed by atoms with van der Waals surface area (Å²) in [6.45, 7) is 7.66. The van der Waals surface area contributed by atoms with E-state index in [9.17, 15) is 9.59 Å². The van der Waals surface area contributed by atoms with Gasteiger partial charge in [0.25, 0.3) is 5.91 Å². The second-order valence-corrected chi connectivity index (χ2v) is 10.0. The molecule has 1 fully saturated rings. The van der Waals surface area contributed by atoms with Crippen molar-refractivity contribution in [1.82, 2.24) is 5.32 Å². The zero-order valence-corrected chi connectivity index (χ0v) is 23.9. The number of esters is 1. The Kier molecular flexibility index (Phi) is 10.6. The number of amides is 1. The van der Waals surface area contributed by atoms with Crippen LogP contribution in [-0.4, -0.2) is 37.2 Å². The SMILES string of the molecule is CC.Cc1ccc(C(=O)OCC2(NC(=O)c3ccc(Cl)cc3Cl)COC(c3ccc(Cl)cc3)OC2)c(C)c1. The van der Waals surface area contributed by atoms with Crippen LogP contribution in [0.4, 0.5) is 0 Å². The number of ether oxygens (including phenoxy) is 3. The Labute approximate surface area is 238 Å². The number of aryl methyl sites for hydroxylation is 2. The van der Waals surface area contributed by atoms with Crippen molar-refractivity contribution in [2.45, 2.75) is 39.5 Å². The van der Waals surface area contributed by atoms with E-state index in [0.29, 0.717) is 15.6 Å². The fourth-order valence-corrected chi connectivity index (χ4v) is 4.49. The molecule has 1 aliphatic heterocycles. The molecule has 1 heterocycles. The molecule has 0 aliphatic carbocycles. The topological polar surface area (TPSA) is 73.9 Å². The third-order valence-corrected chi connectivity index (χ3v) is 6.60. The molecular formula is C29H30Cl3NO5. The van der Waals surface area contributed by atoms with Crippen molar-refractivity contribution in [1.29, 1.82) is 0 Å². The molecule has 0 bridgehead atoms. The molecular weight excluding hydrogens is 549 g/mol. The van der Waals surface area contributed by atoms with Crippen LogP contribution in [0, 0.1) is 13.8 Å². The highest BCUT2D eigenvalue weighted by Gasteiger charge is 2.41. The molecule has 0 spiro atoms. The smallest absolute Gasteiger partial charge is 0.338 e. The lowest BCUT2D eigenvalue weighted by molar-refractivity contribution is -0.221. The Morgan fingerprint density at radius 2 is 1.50 bits per heavy atom. The summed E-state index contributed by atoms with van der Waals surface area (Å²) in [7, 11) is 0. The minimum absolute atomic E-state index is 0.0252. The molecule has 1 aliphatic rings. The summed E-state index contributed by atoms with van der Waals surface area (Å²) in [5, 5.41) is 4.10. The van der Waals surface area contributed by atoms with Gasteiger partial charge in [-0.15, -0.1) is 0 Å². The highest BCUT2D eigenvalue weighted by atomic mass is 35.5. The molecule has 202 valence electrons. The maximum absolute atomic E-state index is 13.1. The van der Waals surface area contributed by atoms with Crippen molar-refractivity contribution in [2.24, 2.45) is 0 Å². The highest BCUT2D eigenvalue weighted by molar-refractivity contribution is 6.36. The van der Waals surface area contributed by atoms with E-state index < -0.39 is 23.7 Å². The molecule has 1 amide bonds. The van der Waals surface area contributed by atoms with Crippen molar-refractivity contribution in [2.75, 3.05) is 19.8 Å². The number of nitrogens with one attached hydrogen (secondary N) is 1. The summed E-state index contributed by atoms with van der Waals surface area (Å²) in [6, 6.07) is 17.1. The average Bonchev–Trinajstić information content (AvgIpc) is 2.89. The van der Waals surface area contributed by atoms with Crippen molar-refractivity contribution in [3.8, 4) is 0 Å². The summed E-state index contributed by atoms with van der Waals surface area (Å²) in [5.41, 5.74) is 2.12. The third kappa shape index (κ3) is 7.49. The molecule has 0 saturated carbocycles. The first-order valence-corrected chi connectivity index (χ1v) is 13.3. The van der Waals surface area contributed by atoms with Crippen molar-refractivity contribution < 1.29 is 23.8 Å². The van der Waals surface area contributed by atoms with Gasteiger partial charge in [-0.25, -0.2) is 4.79 Å². The van der Waals surface area contributed by atoms with E-state index in [2.05, 4.69) is 5.32 Å². The largest absolute Gasteiger partial charge is 0.459 e. The molecule has 1 saturated heterocycles. The lowest BCUT2D eigenvalue weighted by Crippen LogP contribution is -2.61. The van der Waals surface area contributed by atoms with Gasteiger partial charge >= 0.3 is 5.97 Å². The van der Waals surface area contributed by atoms with Gasteiger partial charge in [-0.2, -0.15) is 0 Å². The average molecular weight is 579 g/mol. The number of carbonyl (C=O) groups excluding carboxylic acids is 2. The van der Waals surface area contributed by atoms with Crippen LogP contribution in [-0.2, 0) is 14.2 Å². The van der Waals surface area contributed by atoms with E-state index in [4.69, 9.17) is 49.0 Å². The van der Waals surface area contributed by atoms with Gasteiger partial charge in [0, 0.05) is 15.6 Å².